The van der Waals surface area contributed by atoms with Crippen molar-refractivity contribution in [2.45, 2.75) is 6.92 Å². The fourth-order valence-corrected chi connectivity index (χ4v) is 3.06. The van der Waals surface area contributed by atoms with Crippen LogP contribution in [0.5, 0.6) is 11.5 Å². The highest BCUT2D eigenvalue weighted by Crippen LogP contribution is 2.38. The van der Waals surface area contributed by atoms with E-state index < -0.39 is 0 Å². The summed E-state index contributed by atoms with van der Waals surface area (Å²) < 4.78 is 16.4. The van der Waals surface area contributed by atoms with E-state index in [0.717, 1.165) is 0 Å². The van der Waals surface area contributed by atoms with Gasteiger partial charge in [0.2, 0.25) is 0 Å². The number of rotatable bonds is 3. The first-order valence-electron chi connectivity index (χ1n) is 8.06. The molecule has 0 aliphatic carbocycles. The molecular weight excluding hydrogens is 356 g/mol. The third-order valence-electron chi connectivity index (χ3n) is 4.03. The Balaban J connectivity index is 1.71. The maximum absolute atomic E-state index is 12.9. The minimum atomic E-state index is -0.360. The van der Waals surface area contributed by atoms with Crippen molar-refractivity contribution in [2.75, 3.05) is 18.5 Å². The topological polar surface area (TPSA) is 73.6 Å². The van der Waals surface area contributed by atoms with Gasteiger partial charge in [-0.05, 0) is 25.1 Å². The van der Waals surface area contributed by atoms with Crippen LogP contribution >= 0.6 is 11.6 Å². The number of hydrogen-bond donors (Lipinski definition) is 1. The summed E-state index contributed by atoms with van der Waals surface area (Å²) in [5.41, 5.74) is 1.88. The molecule has 4 rings (SSSR count). The van der Waals surface area contributed by atoms with Crippen LogP contribution in [0.15, 0.2) is 47.0 Å². The molecule has 0 radical (unpaired) electrons. The van der Waals surface area contributed by atoms with Gasteiger partial charge in [-0.2, -0.15) is 0 Å². The Hall–Kier alpha value is -2.99. The molecule has 3 aromatic rings. The van der Waals surface area contributed by atoms with E-state index in [1.165, 1.54) is 0 Å². The first-order chi connectivity index (χ1) is 12.6. The number of benzene rings is 2. The predicted molar refractivity (Wildman–Crippen MR) is 97.1 cm³/mol. The molecule has 1 aromatic heterocycles. The molecule has 132 valence electrons. The number of carbonyl (C=O) groups is 1. The van der Waals surface area contributed by atoms with Gasteiger partial charge < -0.3 is 19.3 Å². The molecule has 2 aromatic carbocycles. The van der Waals surface area contributed by atoms with Crippen LogP contribution < -0.4 is 14.8 Å². The fourth-order valence-electron chi connectivity index (χ4n) is 2.83. The van der Waals surface area contributed by atoms with Crippen LogP contribution in [0.25, 0.3) is 11.3 Å². The number of nitrogens with zero attached hydrogens (tertiary/aromatic N) is 1. The maximum atomic E-state index is 12.9. The molecule has 0 bridgehead atoms. The molecule has 1 amide bonds. The lowest BCUT2D eigenvalue weighted by atomic mass is 10.1. The minimum Gasteiger partial charge on any atom is -0.486 e. The number of aromatic nitrogens is 1. The Morgan fingerprint density at radius 3 is 2.77 bits per heavy atom. The number of aryl methyl sites for hydroxylation is 1. The van der Waals surface area contributed by atoms with Crippen molar-refractivity contribution < 1.29 is 18.8 Å². The monoisotopic (exact) mass is 370 g/mol. The summed E-state index contributed by atoms with van der Waals surface area (Å²) in [7, 11) is 0. The quantitative estimate of drug-likeness (QED) is 0.743. The van der Waals surface area contributed by atoms with E-state index >= 15 is 0 Å². The summed E-state index contributed by atoms with van der Waals surface area (Å²) >= 11 is 6.25. The zero-order valence-corrected chi connectivity index (χ0v) is 14.7. The maximum Gasteiger partial charge on any atom is 0.261 e. The van der Waals surface area contributed by atoms with E-state index in [9.17, 15) is 4.79 Å². The van der Waals surface area contributed by atoms with Crippen LogP contribution in [0.4, 0.5) is 5.69 Å². The summed E-state index contributed by atoms with van der Waals surface area (Å²) in [6, 6.07) is 12.5. The Morgan fingerprint density at radius 1 is 1.12 bits per heavy atom. The Labute approximate surface area is 154 Å². The van der Waals surface area contributed by atoms with E-state index in [1.807, 2.05) is 12.1 Å². The van der Waals surface area contributed by atoms with E-state index in [-0.39, 0.29) is 5.91 Å². The molecule has 0 spiro atoms. The van der Waals surface area contributed by atoms with E-state index in [2.05, 4.69) is 10.5 Å². The summed E-state index contributed by atoms with van der Waals surface area (Å²) in [4.78, 5) is 12.9. The molecule has 0 saturated carbocycles. The smallest absolute Gasteiger partial charge is 0.261 e. The number of fused-ring (bicyclic) bond motifs is 1. The van der Waals surface area contributed by atoms with Crippen LogP contribution in [0.2, 0.25) is 5.02 Å². The van der Waals surface area contributed by atoms with Crippen molar-refractivity contribution in [3.63, 3.8) is 0 Å². The van der Waals surface area contributed by atoms with Crippen LogP contribution in [-0.2, 0) is 0 Å². The molecule has 2 heterocycles. The van der Waals surface area contributed by atoms with Gasteiger partial charge in [0.05, 0.1) is 10.7 Å². The molecule has 0 saturated heterocycles. The van der Waals surface area contributed by atoms with Gasteiger partial charge >= 0.3 is 0 Å². The van der Waals surface area contributed by atoms with Gasteiger partial charge in [0.15, 0.2) is 11.5 Å². The van der Waals surface area contributed by atoms with Crippen molar-refractivity contribution in [1.29, 1.82) is 0 Å². The summed E-state index contributed by atoms with van der Waals surface area (Å²) in [6.45, 7) is 2.59. The van der Waals surface area contributed by atoms with Crippen molar-refractivity contribution in [1.82, 2.24) is 5.16 Å². The van der Waals surface area contributed by atoms with Crippen LogP contribution in [-0.4, -0.2) is 24.3 Å². The Morgan fingerprint density at radius 2 is 1.92 bits per heavy atom. The number of nitrogens with one attached hydrogen (secondary N) is 1. The fraction of sp³-hybridized carbons (Fsp3) is 0.158. The lowest BCUT2D eigenvalue weighted by Gasteiger charge is -2.21. The van der Waals surface area contributed by atoms with Crippen molar-refractivity contribution in [3.8, 4) is 22.8 Å². The third kappa shape index (κ3) is 2.88. The van der Waals surface area contributed by atoms with Crippen molar-refractivity contribution in [2.24, 2.45) is 0 Å². The van der Waals surface area contributed by atoms with Crippen LogP contribution in [0.1, 0.15) is 16.1 Å². The number of anilines is 1. The van der Waals surface area contributed by atoms with Gasteiger partial charge in [-0.3, -0.25) is 4.79 Å². The highest BCUT2D eigenvalue weighted by molar-refractivity contribution is 6.33. The van der Waals surface area contributed by atoms with Gasteiger partial charge in [-0.1, -0.05) is 41.0 Å². The van der Waals surface area contributed by atoms with Gasteiger partial charge in [0.1, 0.15) is 30.2 Å². The van der Waals surface area contributed by atoms with E-state index in [0.29, 0.717) is 58.0 Å². The molecule has 1 aliphatic heterocycles. The summed E-state index contributed by atoms with van der Waals surface area (Å²) in [5, 5.41) is 7.37. The normalized spacial score (nSPS) is 12.7. The first kappa shape index (κ1) is 16.5. The van der Waals surface area contributed by atoms with E-state index in [4.69, 9.17) is 25.6 Å². The minimum absolute atomic E-state index is 0.326. The number of amides is 1. The Kier molecular flexibility index (Phi) is 4.26. The first-order valence-corrected chi connectivity index (χ1v) is 8.44. The number of halogens is 1. The zero-order chi connectivity index (χ0) is 18.1. The zero-order valence-electron chi connectivity index (χ0n) is 13.9. The number of para-hydroxylation sites is 1. The molecular formula is C19H15ClN2O4. The summed E-state index contributed by atoms with van der Waals surface area (Å²) in [5.74, 6) is 1.16. The molecule has 1 aliphatic rings. The lowest BCUT2D eigenvalue weighted by molar-refractivity contribution is 0.102. The lowest BCUT2D eigenvalue weighted by Crippen LogP contribution is -2.19. The average Bonchev–Trinajstić information content (AvgIpc) is 3.04. The van der Waals surface area contributed by atoms with Crippen molar-refractivity contribution in [3.05, 3.63) is 58.8 Å². The third-order valence-corrected chi connectivity index (χ3v) is 4.36. The average molecular weight is 371 g/mol. The van der Waals surface area contributed by atoms with Crippen LogP contribution in [0, 0.1) is 6.92 Å². The van der Waals surface area contributed by atoms with Crippen LogP contribution in [0.3, 0.4) is 0 Å². The van der Waals surface area contributed by atoms with E-state index in [1.54, 1.807) is 37.3 Å². The second kappa shape index (κ2) is 6.72. The van der Waals surface area contributed by atoms with Crippen molar-refractivity contribution >= 4 is 23.2 Å². The molecule has 6 nitrogen and oxygen atoms in total. The molecule has 1 N–H and O–H groups in total. The molecule has 7 heteroatoms. The number of ether oxygens (including phenoxy) is 2. The molecule has 0 unspecified atom stereocenters. The molecule has 26 heavy (non-hydrogen) atoms. The van der Waals surface area contributed by atoms with Gasteiger partial charge in [0, 0.05) is 5.56 Å². The second-order valence-corrected chi connectivity index (χ2v) is 6.13. The highest BCUT2D eigenvalue weighted by atomic mass is 35.5. The molecule has 0 atom stereocenters. The Bertz CT molecular complexity index is 983. The highest BCUT2D eigenvalue weighted by Gasteiger charge is 2.25. The second-order valence-electron chi connectivity index (χ2n) is 5.73. The largest absolute Gasteiger partial charge is 0.486 e. The number of hydrogen-bond acceptors (Lipinski definition) is 5. The van der Waals surface area contributed by atoms with Gasteiger partial charge in [0.25, 0.3) is 5.91 Å². The van der Waals surface area contributed by atoms with Gasteiger partial charge in [-0.25, -0.2) is 0 Å². The number of carbonyl (C=O) groups excluding carboxylic acids is 1. The SMILES string of the molecule is Cc1onc(-c2ccccc2Cl)c1C(=O)Nc1cccc2c1OCCO2. The summed E-state index contributed by atoms with van der Waals surface area (Å²) in [6.07, 6.45) is 0. The standard InChI is InChI=1S/C19H15ClN2O4/c1-11-16(17(22-26-11)12-5-2-3-6-13(12)20)19(23)21-14-7-4-8-15-18(14)25-10-9-24-15/h2-8H,9-10H2,1H3,(H,21,23). The molecule has 0 fully saturated rings. The predicted octanol–water partition coefficient (Wildman–Crippen LogP) is 4.33. The van der Waals surface area contributed by atoms with Gasteiger partial charge in [-0.15, -0.1) is 0 Å².